The Labute approximate surface area is 231 Å². The zero-order valence-electron chi connectivity index (χ0n) is 23.0. The highest BCUT2D eigenvalue weighted by molar-refractivity contribution is 7.80. The molecule has 0 fully saturated rings. The van der Waals surface area contributed by atoms with Crippen molar-refractivity contribution in [1.82, 2.24) is 30.5 Å². The maximum absolute atomic E-state index is 15.1. The van der Waals surface area contributed by atoms with Crippen molar-refractivity contribution < 1.29 is 33.3 Å². The molecule has 1 unspecified atom stereocenters. The third-order valence-electron chi connectivity index (χ3n) is 5.85. The number of hydrazine groups is 1. The summed E-state index contributed by atoms with van der Waals surface area (Å²) < 4.78 is 35.4. The van der Waals surface area contributed by atoms with Crippen LogP contribution in [0.4, 0.5) is 13.6 Å². The van der Waals surface area contributed by atoms with Crippen molar-refractivity contribution in [3.63, 3.8) is 0 Å². The second-order valence-electron chi connectivity index (χ2n) is 11.0. The molecule has 1 heterocycles. The minimum Gasteiger partial charge on any atom is -0.480 e. The average molecular weight is 571 g/mol. The Hall–Kier alpha value is -3.39. The number of hydrogen-bond acceptors (Lipinski definition) is 7. The molecule has 0 aliphatic rings. The first kappa shape index (κ1) is 31.8. The molecule has 1 aromatic carbocycles. The molecule has 1 amide bonds. The molecular formula is C25H36F2N6O5S. The fraction of sp³-hybridized carbons (Fsp3) is 0.560. The topological polar surface area (TPSA) is 142 Å². The summed E-state index contributed by atoms with van der Waals surface area (Å²) in [5, 5.41) is 29.4. The lowest BCUT2D eigenvalue weighted by Crippen LogP contribution is -2.65. The van der Waals surface area contributed by atoms with Crippen molar-refractivity contribution in [2.75, 3.05) is 0 Å². The molecule has 2 aromatic rings. The zero-order valence-corrected chi connectivity index (χ0v) is 23.8. The summed E-state index contributed by atoms with van der Waals surface area (Å²) in [6.45, 7) is 11.0. The van der Waals surface area contributed by atoms with Gasteiger partial charge in [0, 0.05) is 11.6 Å². The smallest absolute Gasteiger partial charge is 0.426 e. The van der Waals surface area contributed by atoms with E-state index < -0.39 is 53.0 Å². The number of ether oxygens (including phenoxy) is 1. The third kappa shape index (κ3) is 8.30. The molecule has 0 saturated carbocycles. The highest BCUT2D eigenvalue weighted by Crippen LogP contribution is 2.33. The van der Waals surface area contributed by atoms with E-state index in [9.17, 15) is 24.2 Å². The van der Waals surface area contributed by atoms with Crippen molar-refractivity contribution >= 4 is 29.4 Å². The lowest BCUT2D eigenvalue weighted by atomic mass is 9.86. The van der Waals surface area contributed by atoms with Gasteiger partial charge in [0.2, 0.25) is 0 Å². The van der Waals surface area contributed by atoms with Crippen LogP contribution in [0.25, 0.3) is 0 Å². The van der Waals surface area contributed by atoms with Gasteiger partial charge in [0.15, 0.2) is 5.11 Å². The van der Waals surface area contributed by atoms with Gasteiger partial charge in [-0.3, -0.25) is 5.01 Å². The molecule has 39 heavy (non-hydrogen) atoms. The predicted octanol–water partition coefficient (Wildman–Crippen LogP) is 3.34. The molecule has 14 heteroatoms. The van der Waals surface area contributed by atoms with E-state index >= 15 is 4.39 Å². The number of thiocarbonyl (C=S) groups is 1. The van der Waals surface area contributed by atoms with Crippen LogP contribution in [-0.4, -0.2) is 64.3 Å². The third-order valence-corrected chi connectivity index (χ3v) is 6.15. The molecule has 4 N–H and O–H groups in total. The number of carboxylic acids is 1. The van der Waals surface area contributed by atoms with E-state index in [0.717, 1.165) is 17.1 Å². The van der Waals surface area contributed by atoms with Crippen LogP contribution in [0.5, 0.6) is 0 Å². The first-order valence-corrected chi connectivity index (χ1v) is 12.6. The average Bonchev–Trinajstić information content (AvgIpc) is 3.27. The molecule has 2 rings (SSSR count). The van der Waals surface area contributed by atoms with E-state index in [1.54, 1.807) is 20.8 Å². The highest BCUT2D eigenvalue weighted by atomic mass is 32.1. The molecule has 0 spiro atoms. The molecule has 0 aliphatic carbocycles. The first-order chi connectivity index (χ1) is 17.9. The summed E-state index contributed by atoms with van der Waals surface area (Å²) >= 11 is 5.53. The van der Waals surface area contributed by atoms with Crippen molar-refractivity contribution in [3.8, 4) is 0 Å². The number of hydrogen-bond donors (Lipinski definition) is 4. The molecule has 11 nitrogen and oxygen atoms in total. The monoisotopic (exact) mass is 570 g/mol. The molecule has 3 atom stereocenters. The summed E-state index contributed by atoms with van der Waals surface area (Å²) in [4.78, 5) is 28.9. The van der Waals surface area contributed by atoms with E-state index in [1.807, 2.05) is 13.8 Å². The van der Waals surface area contributed by atoms with E-state index in [-0.39, 0.29) is 23.0 Å². The number of nitrogens with one attached hydrogen (secondary N) is 2. The number of amides is 1. The highest BCUT2D eigenvalue weighted by Gasteiger charge is 2.45. The number of carbonyl (C=O) groups is 2. The van der Waals surface area contributed by atoms with Crippen LogP contribution in [0.2, 0.25) is 0 Å². The molecule has 0 saturated heterocycles. The van der Waals surface area contributed by atoms with Gasteiger partial charge in [-0.25, -0.2) is 33.5 Å². The first-order valence-electron chi connectivity index (χ1n) is 12.2. The van der Waals surface area contributed by atoms with Gasteiger partial charge in [-0.2, -0.15) is 5.10 Å². The van der Waals surface area contributed by atoms with Crippen molar-refractivity contribution in [2.45, 2.75) is 84.2 Å². The Morgan fingerprint density at radius 3 is 2.33 bits per heavy atom. The van der Waals surface area contributed by atoms with Gasteiger partial charge in [-0.15, -0.1) is 0 Å². The number of benzene rings is 1. The van der Waals surface area contributed by atoms with Gasteiger partial charge in [-0.05, 0) is 65.2 Å². The van der Waals surface area contributed by atoms with Gasteiger partial charge < -0.3 is 20.3 Å². The maximum atomic E-state index is 15.1. The number of carboxylic acid groups (broad SMARTS) is 1. The summed E-state index contributed by atoms with van der Waals surface area (Å²) in [5.41, 5.74) is -2.58. The van der Waals surface area contributed by atoms with E-state index in [1.165, 1.54) is 31.2 Å². The SMILES string of the molecule is CC(C)CC(C)(NC(=S)N(NC(=O)OC(C)(C)C)[C@H](C)[C@](O)(Cn1cncn1)c1ccc(F)cc1F)C(=O)O. The Morgan fingerprint density at radius 2 is 1.85 bits per heavy atom. The number of aliphatic carboxylic acids is 1. The number of aliphatic hydroxyl groups is 1. The Morgan fingerprint density at radius 1 is 1.21 bits per heavy atom. The van der Waals surface area contributed by atoms with Crippen LogP contribution in [0.3, 0.4) is 0 Å². The lowest BCUT2D eigenvalue weighted by molar-refractivity contribution is -0.144. The van der Waals surface area contributed by atoms with Crippen LogP contribution in [0.15, 0.2) is 30.9 Å². The Balaban J connectivity index is 2.62. The predicted molar refractivity (Wildman–Crippen MR) is 142 cm³/mol. The molecule has 0 aliphatic heterocycles. The van der Waals surface area contributed by atoms with E-state index in [4.69, 9.17) is 17.0 Å². The molecular weight excluding hydrogens is 534 g/mol. The second kappa shape index (κ2) is 12.2. The Bertz CT molecular complexity index is 1180. The van der Waals surface area contributed by atoms with Gasteiger partial charge in [0.05, 0.1) is 12.6 Å². The molecule has 0 bridgehead atoms. The normalized spacial score (nSPS) is 15.6. The summed E-state index contributed by atoms with van der Waals surface area (Å²) in [7, 11) is 0. The minimum absolute atomic E-state index is 0.0522. The quantitative estimate of drug-likeness (QED) is 0.262. The largest absolute Gasteiger partial charge is 0.480 e. The van der Waals surface area contributed by atoms with Crippen LogP contribution >= 0.6 is 12.2 Å². The molecule has 1 aromatic heterocycles. The number of halogens is 2. The fourth-order valence-corrected chi connectivity index (χ4v) is 4.51. The number of rotatable bonds is 9. The van der Waals surface area contributed by atoms with E-state index in [2.05, 4.69) is 20.8 Å². The summed E-state index contributed by atoms with van der Waals surface area (Å²) in [5.74, 6) is -3.18. The number of nitrogens with zero attached hydrogens (tertiary/aromatic N) is 4. The van der Waals surface area contributed by atoms with Crippen molar-refractivity contribution in [1.29, 1.82) is 0 Å². The number of carbonyl (C=O) groups excluding carboxylic acids is 1. The van der Waals surface area contributed by atoms with Crippen LogP contribution in [-0.2, 0) is 21.7 Å². The van der Waals surface area contributed by atoms with Gasteiger partial charge in [0.25, 0.3) is 0 Å². The maximum Gasteiger partial charge on any atom is 0.426 e. The molecule has 0 radical (unpaired) electrons. The lowest BCUT2D eigenvalue weighted by Gasteiger charge is -2.43. The van der Waals surface area contributed by atoms with Gasteiger partial charge in [-0.1, -0.05) is 19.9 Å². The standard InChI is InChI=1S/C25H36F2N6O5S/c1-15(2)11-24(7,20(34)35)30-21(39)33(31-22(36)38-23(4,5)6)16(3)25(37,12-32-14-28-13-29-32)18-9-8-17(26)10-19(18)27/h8-10,13-16,37H,11-12H2,1-7H3,(H,30,39)(H,31,36)(H,34,35)/t16-,24?,25-/m1/s1. The zero-order chi connectivity index (χ0) is 29.8. The summed E-state index contributed by atoms with van der Waals surface area (Å²) in [6, 6.07) is 1.36. The number of aromatic nitrogens is 3. The van der Waals surface area contributed by atoms with E-state index in [0.29, 0.717) is 6.07 Å². The molecule has 216 valence electrons. The fourth-order valence-electron chi connectivity index (χ4n) is 4.09. The van der Waals surface area contributed by atoms with Crippen LogP contribution in [0.1, 0.15) is 60.5 Å². The second-order valence-corrected chi connectivity index (χ2v) is 11.4. The Kier molecular flexibility index (Phi) is 9.96. The summed E-state index contributed by atoms with van der Waals surface area (Å²) in [6.07, 6.45) is 1.68. The minimum atomic E-state index is -2.22. The van der Waals surface area contributed by atoms with Crippen molar-refractivity contribution in [2.24, 2.45) is 5.92 Å². The van der Waals surface area contributed by atoms with Crippen LogP contribution in [0, 0.1) is 17.6 Å². The van der Waals surface area contributed by atoms with Crippen LogP contribution < -0.4 is 10.7 Å². The van der Waals surface area contributed by atoms with Gasteiger partial charge >= 0.3 is 12.1 Å². The van der Waals surface area contributed by atoms with Gasteiger partial charge in [0.1, 0.15) is 41.0 Å². The van der Waals surface area contributed by atoms with Crippen molar-refractivity contribution in [3.05, 3.63) is 48.1 Å².